The Morgan fingerprint density at radius 3 is 2.36 bits per heavy atom. The number of hydrogen-bond acceptors (Lipinski definition) is 7. The lowest BCUT2D eigenvalue weighted by molar-refractivity contribution is 0.0507. The minimum atomic E-state index is -1.20. The van der Waals surface area contributed by atoms with Crippen LogP contribution in [0.5, 0.6) is 5.75 Å². The zero-order valence-electron chi connectivity index (χ0n) is 21.9. The van der Waals surface area contributed by atoms with Crippen molar-refractivity contribution in [1.29, 1.82) is 0 Å². The van der Waals surface area contributed by atoms with E-state index in [4.69, 9.17) is 15.2 Å². The van der Waals surface area contributed by atoms with Crippen LogP contribution < -0.4 is 15.4 Å². The first kappa shape index (κ1) is 27.8. The zero-order valence-corrected chi connectivity index (χ0v) is 21.9. The van der Waals surface area contributed by atoms with Gasteiger partial charge in [0.25, 0.3) is 5.91 Å². The number of alkyl halides is 1. The Labute approximate surface area is 223 Å². The molecule has 2 aromatic heterocycles. The summed E-state index contributed by atoms with van der Waals surface area (Å²) < 4.78 is 54.6. The number of methoxy groups -OCH3 is 1. The minimum absolute atomic E-state index is 0.00158. The summed E-state index contributed by atoms with van der Waals surface area (Å²) in [6.07, 6.45) is -0.738. The van der Waals surface area contributed by atoms with Gasteiger partial charge < -0.3 is 15.2 Å². The highest BCUT2D eigenvalue weighted by molar-refractivity contribution is 5.98. The Morgan fingerprint density at radius 1 is 1.10 bits per heavy atom. The van der Waals surface area contributed by atoms with E-state index >= 15 is 0 Å². The number of benzene rings is 1. The Bertz CT molecular complexity index is 1390. The molecule has 9 nitrogen and oxygen atoms in total. The highest BCUT2D eigenvalue weighted by Crippen LogP contribution is 2.47. The van der Waals surface area contributed by atoms with E-state index in [1.165, 1.54) is 43.6 Å². The summed E-state index contributed by atoms with van der Waals surface area (Å²) in [4.78, 5) is 30.4. The molecule has 1 aliphatic rings. The second kappa shape index (κ2) is 10.5. The summed E-state index contributed by atoms with van der Waals surface area (Å²) >= 11 is 0. The van der Waals surface area contributed by atoms with Crippen LogP contribution in [0.15, 0.2) is 42.6 Å². The van der Waals surface area contributed by atoms with Gasteiger partial charge in [-0.2, -0.15) is 0 Å². The van der Waals surface area contributed by atoms with Gasteiger partial charge in [0.2, 0.25) is 0 Å². The topological polar surface area (TPSA) is 121 Å². The number of nitrogens with two attached hydrogens (primary N) is 1. The van der Waals surface area contributed by atoms with Crippen LogP contribution in [0.2, 0.25) is 0 Å². The SMILES string of the molecule is COc1c(C(N)=O)ccc(F)c1-c1ccc(N(C[C@]2(c3ncccc3F)C[C@H](F)C2)C(=O)OC(C)(C)C)nn1. The largest absolute Gasteiger partial charge is 0.495 e. The van der Waals surface area contributed by atoms with E-state index in [9.17, 15) is 22.8 Å². The van der Waals surface area contributed by atoms with E-state index in [2.05, 4.69) is 15.2 Å². The van der Waals surface area contributed by atoms with Crippen LogP contribution in [0.3, 0.4) is 0 Å². The quantitative estimate of drug-likeness (QED) is 0.457. The highest BCUT2D eigenvalue weighted by atomic mass is 19.1. The standard InChI is InChI=1S/C27H28F3N5O4/c1-26(2,3)39-25(37)35(14-27(12-15(28)13-27)23-18(30)6-5-11-32-23)20-10-9-19(33-34-20)21-17(29)8-7-16(24(31)36)22(21)38-4/h5-11,15H,12-14H2,1-4H3,(H2,31,36)/t15-,27-. The molecule has 3 aromatic rings. The second-order valence-corrected chi connectivity index (χ2v) is 10.3. The second-order valence-electron chi connectivity index (χ2n) is 10.3. The predicted molar refractivity (Wildman–Crippen MR) is 136 cm³/mol. The summed E-state index contributed by atoms with van der Waals surface area (Å²) in [6, 6.07) is 7.65. The lowest BCUT2D eigenvalue weighted by atomic mass is 9.64. The average molecular weight is 544 g/mol. The van der Waals surface area contributed by atoms with E-state index in [1.807, 2.05) is 0 Å². The molecule has 2 N–H and O–H groups in total. The van der Waals surface area contributed by atoms with Gasteiger partial charge in [0, 0.05) is 18.2 Å². The monoisotopic (exact) mass is 543 g/mol. The molecule has 0 spiro atoms. The molecular weight excluding hydrogens is 515 g/mol. The maximum atomic E-state index is 14.8. The third kappa shape index (κ3) is 5.64. The van der Waals surface area contributed by atoms with Gasteiger partial charge in [-0.25, -0.2) is 18.0 Å². The summed E-state index contributed by atoms with van der Waals surface area (Å²) in [5.41, 5.74) is 3.19. The molecule has 0 saturated heterocycles. The number of hydrogen-bond donors (Lipinski definition) is 1. The van der Waals surface area contributed by atoms with Crippen LogP contribution in [0.4, 0.5) is 23.8 Å². The van der Waals surface area contributed by atoms with Crippen molar-refractivity contribution in [3.63, 3.8) is 0 Å². The molecule has 1 aliphatic carbocycles. The van der Waals surface area contributed by atoms with Crippen molar-refractivity contribution in [3.8, 4) is 17.0 Å². The Kier molecular flexibility index (Phi) is 7.49. The molecule has 2 amide bonds. The van der Waals surface area contributed by atoms with E-state index < -0.39 is 40.8 Å². The average Bonchev–Trinajstić information content (AvgIpc) is 2.85. The van der Waals surface area contributed by atoms with Crippen molar-refractivity contribution in [2.24, 2.45) is 5.73 Å². The molecule has 4 rings (SSSR count). The molecule has 0 bridgehead atoms. The van der Waals surface area contributed by atoms with Gasteiger partial charge >= 0.3 is 6.09 Å². The minimum Gasteiger partial charge on any atom is -0.495 e. The summed E-state index contributed by atoms with van der Waals surface area (Å²) in [6.45, 7) is 4.83. The van der Waals surface area contributed by atoms with Crippen molar-refractivity contribution in [1.82, 2.24) is 15.2 Å². The van der Waals surface area contributed by atoms with Crippen molar-refractivity contribution in [2.45, 2.75) is 50.8 Å². The molecule has 12 heteroatoms. The van der Waals surface area contributed by atoms with E-state index in [0.29, 0.717) is 0 Å². The number of carbonyl (C=O) groups excluding carboxylic acids is 2. The molecule has 0 aliphatic heterocycles. The van der Waals surface area contributed by atoms with Crippen molar-refractivity contribution in [2.75, 3.05) is 18.6 Å². The maximum Gasteiger partial charge on any atom is 0.416 e. The molecule has 1 aromatic carbocycles. The van der Waals surface area contributed by atoms with E-state index in [0.717, 1.165) is 11.0 Å². The van der Waals surface area contributed by atoms with Crippen molar-refractivity contribution in [3.05, 3.63) is 65.5 Å². The first-order valence-electron chi connectivity index (χ1n) is 12.1. The smallest absolute Gasteiger partial charge is 0.416 e. The number of rotatable bonds is 7. The first-order chi connectivity index (χ1) is 18.3. The molecule has 206 valence electrons. The number of amides is 2. The number of pyridine rings is 1. The predicted octanol–water partition coefficient (Wildman–Crippen LogP) is 4.74. The molecule has 39 heavy (non-hydrogen) atoms. The fourth-order valence-corrected chi connectivity index (χ4v) is 4.63. The Morgan fingerprint density at radius 2 is 1.82 bits per heavy atom. The molecule has 1 saturated carbocycles. The van der Waals surface area contributed by atoms with Crippen LogP contribution in [0.25, 0.3) is 11.3 Å². The number of carbonyl (C=O) groups is 2. The number of ether oxygens (including phenoxy) is 2. The van der Waals surface area contributed by atoms with Gasteiger partial charge in [-0.3, -0.25) is 14.7 Å². The van der Waals surface area contributed by atoms with Crippen molar-refractivity contribution >= 4 is 17.8 Å². The van der Waals surface area contributed by atoms with Gasteiger partial charge in [0.15, 0.2) is 5.82 Å². The first-order valence-corrected chi connectivity index (χ1v) is 12.1. The van der Waals surface area contributed by atoms with Gasteiger partial charge in [-0.15, -0.1) is 10.2 Å². The van der Waals surface area contributed by atoms with E-state index in [1.54, 1.807) is 20.8 Å². The van der Waals surface area contributed by atoms with Gasteiger partial charge in [0.05, 0.1) is 29.6 Å². The number of primary amides is 1. The fourth-order valence-electron chi connectivity index (χ4n) is 4.63. The lowest BCUT2D eigenvalue weighted by Crippen LogP contribution is -2.54. The van der Waals surface area contributed by atoms with Crippen LogP contribution in [-0.4, -0.2) is 52.6 Å². The van der Waals surface area contributed by atoms with Crippen LogP contribution >= 0.6 is 0 Å². The highest BCUT2D eigenvalue weighted by Gasteiger charge is 2.51. The van der Waals surface area contributed by atoms with Crippen molar-refractivity contribution < 1.29 is 32.2 Å². The number of halogens is 3. The molecule has 2 heterocycles. The Hall–Kier alpha value is -4.22. The van der Waals surface area contributed by atoms with E-state index in [-0.39, 0.29) is 53.5 Å². The number of anilines is 1. The number of nitrogens with zero attached hydrogens (tertiary/aromatic N) is 4. The van der Waals surface area contributed by atoms with Crippen LogP contribution in [0.1, 0.15) is 49.7 Å². The lowest BCUT2D eigenvalue weighted by Gasteiger charge is -2.46. The van der Waals surface area contributed by atoms with Gasteiger partial charge in [-0.05, 0) is 70.0 Å². The fraction of sp³-hybridized carbons (Fsp3) is 0.370. The third-order valence-electron chi connectivity index (χ3n) is 6.32. The number of aromatic nitrogens is 3. The summed E-state index contributed by atoms with van der Waals surface area (Å²) in [5, 5.41) is 8.17. The van der Waals surface area contributed by atoms with Gasteiger partial charge in [-0.1, -0.05) is 0 Å². The van der Waals surface area contributed by atoms with Crippen LogP contribution in [0, 0.1) is 11.6 Å². The van der Waals surface area contributed by atoms with Gasteiger partial charge in [0.1, 0.15) is 29.2 Å². The molecular formula is C27H28F3N5O4. The van der Waals surface area contributed by atoms with Crippen LogP contribution in [-0.2, 0) is 10.2 Å². The summed E-state index contributed by atoms with van der Waals surface area (Å²) in [5.74, 6) is -2.31. The molecule has 1 fully saturated rings. The normalized spacial score (nSPS) is 18.7. The molecule has 0 atom stereocenters. The Balaban J connectivity index is 1.76. The molecule has 0 unspecified atom stereocenters. The zero-order chi connectivity index (χ0) is 28.5. The maximum absolute atomic E-state index is 14.8. The molecule has 0 radical (unpaired) electrons. The third-order valence-corrected chi connectivity index (χ3v) is 6.32. The summed E-state index contributed by atoms with van der Waals surface area (Å²) in [7, 11) is 1.25.